The van der Waals surface area contributed by atoms with Crippen LogP contribution in [0.3, 0.4) is 0 Å². The summed E-state index contributed by atoms with van der Waals surface area (Å²) >= 11 is 7.26. The lowest BCUT2D eigenvalue weighted by Gasteiger charge is -2.07. The van der Waals surface area contributed by atoms with Crippen LogP contribution in [0.1, 0.15) is 25.6 Å². The highest BCUT2D eigenvalue weighted by molar-refractivity contribution is 7.12. The molecule has 1 aromatic heterocycles. The number of carbonyl (C=O) groups is 2. The molecule has 98 valence electrons. The summed E-state index contributed by atoms with van der Waals surface area (Å²) in [5.41, 5.74) is 1.23. The highest BCUT2D eigenvalue weighted by Crippen LogP contribution is 2.25. The molecule has 0 radical (unpaired) electrons. The molecule has 0 atom stereocenters. The number of aromatic carboxylic acids is 1. The van der Waals surface area contributed by atoms with Gasteiger partial charge in [-0.05, 0) is 42.1 Å². The lowest BCUT2D eigenvalue weighted by Crippen LogP contribution is -2.12. The van der Waals surface area contributed by atoms with Crippen molar-refractivity contribution in [3.05, 3.63) is 50.7 Å². The number of thiophene rings is 1. The maximum absolute atomic E-state index is 12.0. The molecule has 0 aliphatic rings. The van der Waals surface area contributed by atoms with Crippen LogP contribution in [0.25, 0.3) is 0 Å². The Labute approximate surface area is 118 Å². The van der Waals surface area contributed by atoms with Crippen LogP contribution in [0.5, 0.6) is 0 Å². The van der Waals surface area contributed by atoms with Crippen LogP contribution in [0.15, 0.2) is 29.6 Å². The molecule has 0 unspecified atom stereocenters. The van der Waals surface area contributed by atoms with Gasteiger partial charge in [0, 0.05) is 0 Å². The first-order valence-corrected chi connectivity index (χ1v) is 6.63. The number of aryl methyl sites for hydroxylation is 1. The lowest BCUT2D eigenvalue weighted by atomic mass is 10.2. The molecule has 0 fully saturated rings. The Balaban J connectivity index is 2.28. The van der Waals surface area contributed by atoms with Gasteiger partial charge >= 0.3 is 5.97 Å². The lowest BCUT2D eigenvalue weighted by molar-refractivity contribution is 0.0696. The minimum atomic E-state index is -1.07. The van der Waals surface area contributed by atoms with E-state index >= 15 is 0 Å². The number of amides is 1. The standard InChI is InChI=1S/C13H10ClNO3S/c1-7-4-5-19-11(7)12(16)15-10-6-8(13(17)18)2-3-9(10)14/h2-6H,1H3,(H,15,16)(H,17,18). The van der Waals surface area contributed by atoms with Gasteiger partial charge in [-0.25, -0.2) is 4.79 Å². The third kappa shape index (κ3) is 2.94. The number of carboxylic acids is 1. The highest BCUT2D eigenvalue weighted by Gasteiger charge is 2.14. The Kier molecular flexibility index (Phi) is 3.87. The predicted molar refractivity (Wildman–Crippen MR) is 75.4 cm³/mol. The maximum atomic E-state index is 12.0. The van der Waals surface area contributed by atoms with Crippen molar-refractivity contribution in [3.8, 4) is 0 Å². The second kappa shape index (κ2) is 5.42. The second-order valence-corrected chi connectivity index (χ2v) is 5.21. The van der Waals surface area contributed by atoms with Gasteiger partial charge in [0.15, 0.2) is 0 Å². The number of rotatable bonds is 3. The summed E-state index contributed by atoms with van der Waals surface area (Å²) in [4.78, 5) is 23.5. The molecule has 0 saturated carbocycles. The quantitative estimate of drug-likeness (QED) is 0.908. The van der Waals surface area contributed by atoms with E-state index in [0.717, 1.165) is 5.56 Å². The van der Waals surface area contributed by atoms with Gasteiger partial charge in [0.25, 0.3) is 5.91 Å². The number of nitrogens with one attached hydrogen (secondary N) is 1. The van der Waals surface area contributed by atoms with Crippen LogP contribution in [-0.4, -0.2) is 17.0 Å². The zero-order valence-corrected chi connectivity index (χ0v) is 11.5. The van der Waals surface area contributed by atoms with E-state index in [1.165, 1.54) is 29.5 Å². The largest absolute Gasteiger partial charge is 0.478 e. The molecule has 0 spiro atoms. The summed E-state index contributed by atoms with van der Waals surface area (Å²) in [5, 5.41) is 13.7. The molecule has 19 heavy (non-hydrogen) atoms. The van der Waals surface area contributed by atoms with E-state index in [9.17, 15) is 9.59 Å². The van der Waals surface area contributed by atoms with Crippen molar-refractivity contribution < 1.29 is 14.7 Å². The van der Waals surface area contributed by atoms with E-state index in [2.05, 4.69) is 5.32 Å². The molecule has 4 nitrogen and oxygen atoms in total. The average Bonchev–Trinajstić information content (AvgIpc) is 2.78. The molecule has 6 heteroatoms. The number of anilines is 1. The van der Waals surface area contributed by atoms with Gasteiger partial charge in [-0.15, -0.1) is 11.3 Å². The summed E-state index contributed by atoms with van der Waals surface area (Å²) in [7, 11) is 0. The van der Waals surface area contributed by atoms with Crippen LogP contribution in [0.2, 0.25) is 5.02 Å². The third-order valence-electron chi connectivity index (χ3n) is 2.53. The van der Waals surface area contributed by atoms with E-state index in [4.69, 9.17) is 16.7 Å². The van der Waals surface area contributed by atoms with Crippen molar-refractivity contribution in [1.29, 1.82) is 0 Å². The molecule has 1 heterocycles. The van der Waals surface area contributed by atoms with Gasteiger partial charge in [0.05, 0.1) is 21.2 Å². The number of halogens is 1. The van der Waals surface area contributed by atoms with Gasteiger partial charge in [0.2, 0.25) is 0 Å². The van der Waals surface area contributed by atoms with Gasteiger partial charge in [0.1, 0.15) is 0 Å². The highest BCUT2D eigenvalue weighted by atomic mass is 35.5. The van der Waals surface area contributed by atoms with Crippen LogP contribution in [0, 0.1) is 6.92 Å². The number of benzene rings is 1. The van der Waals surface area contributed by atoms with Gasteiger partial charge in [-0.3, -0.25) is 4.79 Å². The van der Waals surface area contributed by atoms with Crippen LogP contribution >= 0.6 is 22.9 Å². The molecule has 2 N–H and O–H groups in total. The molecular weight excluding hydrogens is 286 g/mol. The van der Waals surface area contributed by atoms with E-state index in [-0.39, 0.29) is 11.5 Å². The van der Waals surface area contributed by atoms with Crippen LogP contribution < -0.4 is 5.32 Å². The smallest absolute Gasteiger partial charge is 0.335 e. The topological polar surface area (TPSA) is 66.4 Å². The molecule has 0 aliphatic carbocycles. The van der Waals surface area contributed by atoms with Gasteiger partial charge in [-0.2, -0.15) is 0 Å². The van der Waals surface area contributed by atoms with E-state index in [0.29, 0.717) is 15.6 Å². The second-order valence-electron chi connectivity index (χ2n) is 3.89. The average molecular weight is 296 g/mol. The number of hydrogen-bond donors (Lipinski definition) is 2. The Morgan fingerprint density at radius 1 is 1.32 bits per heavy atom. The first-order valence-electron chi connectivity index (χ1n) is 5.37. The molecule has 0 aliphatic heterocycles. The monoisotopic (exact) mass is 295 g/mol. The zero-order valence-electron chi connectivity index (χ0n) is 9.94. The Morgan fingerprint density at radius 3 is 2.63 bits per heavy atom. The summed E-state index contributed by atoms with van der Waals surface area (Å²) in [6.07, 6.45) is 0. The van der Waals surface area contributed by atoms with Gasteiger partial charge < -0.3 is 10.4 Å². The summed E-state index contributed by atoms with van der Waals surface area (Å²) in [5.74, 6) is -1.36. The van der Waals surface area contributed by atoms with Gasteiger partial charge in [-0.1, -0.05) is 11.6 Å². The normalized spacial score (nSPS) is 10.2. The van der Waals surface area contributed by atoms with Crippen molar-refractivity contribution in [3.63, 3.8) is 0 Å². The molecule has 0 saturated heterocycles. The SMILES string of the molecule is Cc1ccsc1C(=O)Nc1cc(C(=O)O)ccc1Cl. The van der Waals surface area contributed by atoms with Crippen molar-refractivity contribution in [2.24, 2.45) is 0 Å². The molecule has 0 bridgehead atoms. The number of carbonyl (C=O) groups excluding carboxylic acids is 1. The molecule has 1 aromatic carbocycles. The molecular formula is C13H10ClNO3S. The minimum absolute atomic E-state index is 0.0719. The Morgan fingerprint density at radius 2 is 2.05 bits per heavy atom. The third-order valence-corrected chi connectivity index (χ3v) is 3.87. The zero-order chi connectivity index (χ0) is 14.0. The maximum Gasteiger partial charge on any atom is 0.335 e. The summed E-state index contributed by atoms with van der Waals surface area (Å²) in [6.45, 7) is 1.83. The Bertz CT molecular complexity index is 651. The fraction of sp³-hybridized carbons (Fsp3) is 0.0769. The van der Waals surface area contributed by atoms with E-state index in [1.54, 1.807) is 0 Å². The summed E-state index contributed by atoms with van der Waals surface area (Å²) in [6, 6.07) is 6.01. The molecule has 2 aromatic rings. The summed E-state index contributed by atoms with van der Waals surface area (Å²) < 4.78 is 0. The van der Waals surface area contributed by atoms with Crippen molar-refractivity contribution in [2.75, 3.05) is 5.32 Å². The fourth-order valence-corrected chi connectivity index (χ4v) is 2.52. The minimum Gasteiger partial charge on any atom is -0.478 e. The van der Waals surface area contributed by atoms with Crippen molar-refractivity contribution in [1.82, 2.24) is 0 Å². The van der Waals surface area contributed by atoms with Crippen LogP contribution in [0.4, 0.5) is 5.69 Å². The van der Waals surface area contributed by atoms with E-state index < -0.39 is 5.97 Å². The van der Waals surface area contributed by atoms with Crippen molar-refractivity contribution in [2.45, 2.75) is 6.92 Å². The number of hydrogen-bond acceptors (Lipinski definition) is 3. The predicted octanol–water partition coefficient (Wildman–Crippen LogP) is 3.66. The van der Waals surface area contributed by atoms with Crippen molar-refractivity contribution >= 4 is 40.5 Å². The first-order chi connectivity index (χ1) is 8.99. The van der Waals surface area contributed by atoms with Crippen LogP contribution in [-0.2, 0) is 0 Å². The molecule has 1 amide bonds. The first kappa shape index (κ1) is 13.6. The fourth-order valence-electron chi connectivity index (χ4n) is 1.54. The Hall–Kier alpha value is -1.85. The molecule has 2 rings (SSSR count). The number of carboxylic acid groups (broad SMARTS) is 1. The van der Waals surface area contributed by atoms with E-state index in [1.807, 2.05) is 18.4 Å².